The Hall–Kier alpha value is -2.92. The summed E-state index contributed by atoms with van der Waals surface area (Å²) < 4.78 is 29.3. The van der Waals surface area contributed by atoms with Crippen LogP contribution in [0.1, 0.15) is 25.3 Å². The maximum absolute atomic E-state index is 13.5. The van der Waals surface area contributed by atoms with Gasteiger partial charge in [0.05, 0.1) is 13.1 Å². The average Bonchev–Trinajstić information content (AvgIpc) is 2.63. The molecule has 6 nitrogen and oxygen atoms in total. The SMILES string of the molecule is CC#CCn1c(N2CCC[C@@H](N)C2)cc(=O)n(Cc2cc(F)cc(F)c2)c1=O. The Morgan fingerprint density at radius 1 is 1.14 bits per heavy atom. The van der Waals surface area contributed by atoms with Crippen molar-refractivity contribution in [1.29, 1.82) is 0 Å². The maximum atomic E-state index is 13.5. The van der Waals surface area contributed by atoms with Crippen LogP contribution in [0.2, 0.25) is 0 Å². The molecule has 0 radical (unpaired) electrons. The number of nitrogens with zero attached hydrogens (tertiary/aromatic N) is 3. The lowest BCUT2D eigenvalue weighted by molar-refractivity contribution is 0.491. The fraction of sp³-hybridized carbons (Fsp3) is 0.400. The van der Waals surface area contributed by atoms with Gasteiger partial charge in [-0.3, -0.25) is 13.9 Å². The molecule has 2 heterocycles. The molecule has 0 unspecified atom stereocenters. The van der Waals surface area contributed by atoms with E-state index in [1.54, 1.807) is 6.92 Å². The van der Waals surface area contributed by atoms with Crippen molar-refractivity contribution in [3.05, 3.63) is 62.3 Å². The zero-order valence-electron chi connectivity index (χ0n) is 15.6. The normalized spacial score (nSPS) is 16.6. The minimum atomic E-state index is -0.765. The Morgan fingerprint density at radius 2 is 1.86 bits per heavy atom. The molecule has 1 fully saturated rings. The minimum absolute atomic E-state index is 0.0349. The molecule has 1 aliphatic rings. The van der Waals surface area contributed by atoms with Crippen molar-refractivity contribution < 1.29 is 8.78 Å². The predicted molar refractivity (Wildman–Crippen MR) is 103 cm³/mol. The van der Waals surface area contributed by atoms with Gasteiger partial charge in [-0.25, -0.2) is 13.6 Å². The van der Waals surface area contributed by atoms with Crippen LogP contribution in [0.25, 0.3) is 0 Å². The largest absolute Gasteiger partial charge is 0.356 e. The number of anilines is 1. The lowest BCUT2D eigenvalue weighted by Gasteiger charge is -2.33. The Balaban J connectivity index is 2.07. The van der Waals surface area contributed by atoms with Gasteiger partial charge in [-0.2, -0.15) is 0 Å². The first-order valence-electron chi connectivity index (χ1n) is 9.09. The summed E-state index contributed by atoms with van der Waals surface area (Å²) in [6.07, 6.45) is 1.75. The van der Waals surface area contributed by atoms with Gasteiger partial charge in [0.1, 0.15) is 17.5 Å². The third-order valence-corrected chi connectivity index (χ3v) is 4.72. The van der Waals surface area contributed by atoms with Crippen LogP contribution in [-0.4, -0.2) is 28.3 Å². The first-order chi connectivity index (χ1) is 13.4. The summed E-state index contributed by atoms with van der Waals surface area (Å²) in [5.41, 5.74) is 5.12. The molecule has 28 heavy (non-hydrogen) atoms. The Morgan fingerprint density at radius 3 is 2.50 bits per heavy atom. The van der Waals surface area contributed by atoms with E-state index in [1.807, 2.05) is 4.90 Å². The molecule has 1 atom stereocenters. The van der Waals surface area contributed by atoms with Crippen molar-refractivity contribution in [3.8, 4) is 11.8 Å². The number of hydrogen-bond acceptors (Lipinski definition) is 4. The second kappa shape index (κ2) is 8.40. The first kappa shape index (κ1) is 19.8. The molecular weight excluding hydrogens is 366 g/mol. The van der Waals surface area contributed by atoms with Crippen LogP contribution in [0.15, 0.2) is 33.9 Å². The predicted octanol–water partition coefficient (Wildman–Crippen LogP) is 1.29. The Kier molecular flexibility index (Phi) is 5.95. The van der Waals surface area contributed by atoms with Crippen LogP contribution >= 0.6 is 0 Å². The molecule has 0 amide bonds. The summed E-state index contributed by atoms with van der Waals surface area (Å²) in [6, 6.07) is 4.27. The monoisotopic (exact) mass is 388 g/mol. The van der Waals surface area contributed by atoms with Crippen molar-refractivity contribution >= 4 is 5.82 Å². The summed E-state index contributed by atoms with van der Waals surface area (Å²) >= 11 is 0. The van der Waals surface area contributed by atoms with E-state index in [2.05, 4.69) is 11.8 Å². The van der Waals surface area contributed by atoms with E-state index in [0.29, 0.717) is 18.9 Å². The Bertz CT molecular complexity index is 1030. The lowest BCUT2D eigenvalue weighted by Crippen LogP contribution is -2.48. The zero-order valence-corrected chi connectivity index (χ0v) is 15.6. The minimum Gasteiger partial charge on any atom is -0.356 e. The number of benzene rings is 1. The number of nitrogens with two attached hydrogens (primary N) is 1. The van der Waals surface area contributed by atoms with Gasteiger partial charge in [0.25, 0.3) is 5.56 Å². The van der Waals surface area contributed by atoms with Crippen molar-refractivity contribution in [2.75, 3.05) is 18.0 Å². The van der Waals surface area contributed by atoms with E-state index in [4.69, 9.17) is 5.73 Å². The van der Waals surface area contributed by atoms with Crippen LogP contribution in [0, 0.1) is 23.5 Å². The molecule has 0 saturated carbocycles. The second-order valence-corrected chi connectivity index (χ2v) is 6.85. The number of rotatable bonds is 4. The van der Waals surface area contributed by atoms with Gasteiger partial charge in [-0.15, -0.1) is 5.92 Å². The van der Waals surface area contributed by atoms with Crippen LogP contribution in [0.5, 0.6) is 0 Å². The smallest absolute Gasteiger partial charge is 0.333 e. The van der Waals surface area contributed by atoms with E-state index in [1.165, 1.54) is 10.6 Å². The lowest BCUT2D eigenvalue weighted by atomic mass is 10.1. The molecule has 0 spiro atoms. The third kappa shape index (κ3) is 4.31. The second-order valence-electron chi connectivity index (χ2n) is 6.85. The molecule has 0 aliphatic carbocycles. The fourth-order valence-corrected chi connectivity index (χ4v) is 3.42. The van der Waals surface area contributed by atoms with Crippen molar-refractivity contribution in [3.63, 3.8) is 0 Å². The summed E-state index contributed by atoms with van der Waals surface area (Å²) in [5.74, 6) is 4.52. The highest BCUT2D eigenvalue weighted by molar-refractivity contribution is 5.40. The molecular formula is C20H22F2N4O2. The molecule has 1 aromatic carbocycles. The van der Waals surface area contributed by atoms with E-state index in [0.717, 1.165) is 35.6 Å². The van der Waals surface area contributed by atoms with E-state index < -0.39 is 22.9 Å². The van der Waals surface area contributed by atoms with Gasteiger partial charge >= 0.3 is 5.69 Å². The van der Waals surface area contributed by atoms with Crippen LogP contribution < -0.4 is 21.9 Å². The Labute approximate surface area is 161 Å². The van der Waals surface area contributed by atoms with Gasteiger partial charge in [-0.1, -0.05) is 5.92 Å². The van der Waals surface area contributed by atoms with Crippen molar-refractivity contribution in [2.45, 2.75) is 38.9 Å². The molecule has 3 rings (SSSR count). The third-order valence-electron chi connectivity index (χ3n) is 4.72. The van der Waals surface area contributed by atoms with Crippen LogP contribution in [-0.2, 0) is 13.1 Å². The molecule has 8 heteroatoms. The maximum Gasteiger partial charge on any atom is 0.333 e. The molecule has 1 aromatic heterocycles. The molecule has 2 N–H and O–H groups in total. The summed E-state index contributed by atoms with van der Waals surface area (Å²) in [6.45, 7) is 2.76. The zero-order chi connectivity index (χ0) is 20.3. The molecule has 1 aliphatic heterocycles. The number of hydrogen-bond donors (Lipinski definition) is 1. The highest BCUT2D eigenvalue weighted by Gasteiger charge is 2.22. The van der Waals surface area contributed by atoms with Gasteiger partial charge in [-0.05, 0) is 37.5 Å². The van der Waals surface area contributed by atoms with Crippen LogP contribution in [0.3, 0.4) is 0 Å². The standard InChI is InChI=1S/C20H22F2N4O2/c1-2-3-7-25-18(24-6-4-5-17(23)13-24)11-19(27)26(20(25)28)12-14-8-15(21)10-16(22)9-14/h8-11,17H,4-7,12-13,23H2,1H3/t17-/m1/s1. The van der Waals surface area contributed by atoms with E-state index in [9.17, 15) is 18.4 Å². The van der Waals surface area contributed by atoms with Crippen molar-refractivity contribution in [2.24, 2.45) is 5.73 Å². The number of halogens is 2. The molecule has 2 aromatic rings. The molecule has 148 valence electrons. The van der Waals surface area contributed by atoms with Gasteiger partial charge in [0, 0.05) is 31.3 Å². The summed E-state index contributed by atoms with van der Waals surface area (Å²) in [7, 11) is 0. The van der Waals surface area contributed by atoms with E-state index >= 15 is 0 Å². The van der Waals surface area contributed by atoms with Gasteiger partial charge in [0.15, 0.2) is 0 Å². The molecule has 0 bridgehead atoms. The number of piperidine rings is 1. The first-order valence-corrected chi connectivity index (χ1v) is 9.09. The average molecular weight is 388 g/mol. The highest BCUT2D eigenvalue weighted by atomic mass is 19.1. The van der Waals surface area contributed by atoms with Crippen LogP contribution in [0.4, 0.5) is 14.6 Å². The van der Waals surface area contributed by atoms with Gasteiger partial charge < -0.3 is 10.6 Å². The summed E-state index contributed by atoms with van der Waals surface area (Å²) in [4.78, 5) is 27.6. The summed E-state index contributed by atoms with van der Waals surface area (Å²) in [5, 5.41) is 0. The fourth-order valence-electron chi connectivity index (χ4n) is 3.42. The van der Waals surface area contributed by atoms with Crippen molar-refractivity contribution in [1.82, 2.24) is 9.13 Å². The van der Waals surface area contributed by atoms with Gasteiger partial charge in [0.2, 0.25) is 0 Å². The number of aromatic nitrogens is 2. The molecule has 1 saturated heterocycles. The van der Waals surface area contributed by atoms with E-state index in [-0.39, 0.29) is 24.7 Å². The topological polar surface area (TPSA) is 73.3 Å². The highest BCUT2D eigenvalue weighted by Crippen LogP contribution is 2.17. The quantitative estimate of drug-likeness (QED) is 0.801.